The maximum absolute atomic E-state index is 12.3. The first-order chi connectivity index (χ1) is 11.8. The Kier molecular flexibility index (Phi) is 7.02. The molecule has 5 nitrogen and oxygen atoms in total. The van der Waals surface area contributed by atoms with E-state index in [-0.39, 0.29) is 24.9 Å². The van der Waals surface area contributed by atoms with Gasteiger partial charge >= 0.3 is 0 Å². The van der Waals surface area contributed by atoms with Gasteiger partial charge in [-0.3, -0.25) is 4.79 Å². The van der Waals surface area contributed by atoms with Crippen LogP contribution in [0.2, 0.25) is 0 Å². The van der Waals surface area contributed by atoms with E-state index in [0.29, 0.717) is 0 Å². The quantitative estimate of drug-likeness (QED) is 0.782. The van der Waals surface area contributed by atoms with Gasteiger partial charge in [-0.05, 0) is 49.9 Å². The molecule has 1 aromatic carbocycles. The van der Waals surface area contributed by atoms with Crippen LogP contribution < -0.4 is 5.32 Å². The summed E-state index contributed by atoms with van der Waals surface area (Å²) in [6.45, 7) is 4.28. The molecule has 25 heavy (non-hydrogen) atoms. The molecule has 1 aliphatic carbocycles. The number of hydrogen-bond donors (Lipinski definition) is 1. The second-order valence-corrected chi connectivity index (χ2v) is 9.05. The lowest BCUT2D eigenvalue weighted by atomic mass is 10.1. The molecule has 1 saturated carbocycles. The Labute approximate surface area is 151 Å². The Morgan fingerprint density at radius 3 is 2.32 bits per heavy atom. The van der Waals surface area contributed by atoms with Crippen LogP contribution in [0.3, 0.4) is 0 Å². The van der Waals surface area contributed by atoms with E-state index in [1.807, 2.05) is 32.0 Å². The molecule has 0 unspecified atom stereocenters. The lowest BCUT2D eigenvalue weighted by molar-refractivity contribution is -0.116. The summed E-state index contributed by atoms with van der Waals surface area (Å²) < 4.78 is 25.9. The van der Waals surface area contributed by atoms with Crippen molar-refractivity contribution < 1.29 is 13.2 Å². The zero-order chi connectivity index (χ0) is 18.4. The van der Waals surface area contributed by atoms with Crippen molar-refractivity contribution in [1.29, 1.82) is 0 Å². The number of nitrogens with zero attached hydrogens (tertiary/aromatic N) is 1. The van der Waals surface area contributed by atoms with E-state index in [1.54, 1.807) is 0 Å². The van der Waals surface area contributed by atoms with E-state index in [1.165, 1.54) is 29.0 Å². The SMILES string of the molecule is Cc1ccc(NC(=O)CCN(C2CCCCCC2)S(C)(=O)=O)cc1C. The van der Waals surface area contributed by atoms with Crippen LogP contribution in [0.5, 0.6) is 0 Å². The Morgan fingerprint density at radius 2 is 1.76 bits per heavy atom. The van der Waals surface area contributed by atoms with Crippen LogP contribution in [0, 0.1) is 13.8 Å². The van der Waals surface area contributed by atoms with E-state index in [0.717, 1.165) is 36.9 Å². The van der Waals surface area contributed by atoms with Crippen LogP contribution >= 0.6 is 0 Å². The molecular formula is C19H30N2O3S. The number of carbonyl (C=O) groups excluding carboxylic acids is 1. The third-order valence-electron chi connectivity index (χ3n) is 5.01. The van der Waals surface area contributed by atoms with Gasteiger partial charge in [0.25, 0.3) is 0 Å². The largest absolute Gasteiger partial charge is 0.326 e. The number of benzene rings is 1. The predicted octanol–water partition coefficient (Wildman–Crippen LogP) is 3.62. The fourth-order valence-corrected chi connectivity index (χ4v) is 4.59. The Hall–Kier alpha value is -1.40. The number of hydrogen-bond acceptors (Lipinski definition) is 3. The molecule has 0 spiro atoms. The highest BCUT2D eigenvalue weighted by atomic mass is 32.2. The molecule has 6 heteroatoms. The first-order valence-electron chi connectivity index (χ1n) is 9.11. The molecule has 0 aromatic heterocycles. The molecule has 0 heterocycles. The minimum Gasteiger partial charge on any atom is -0.326 e. The summed E-state index contributed by atoms with van der Waals surface area (Å²) >= 11 is 0. The highest BCUT2D eigenvalue weighted by Crippen LogP contribution is 2.24. The molecule has 1 amide bonds. The predicted molar refractivity (Wildman–Crippen MR) is 102 cm³/mol. The van der Waals surface area contributed by atoms with Crippen LogP contribution in [0.1, 0.15) is 56.1 Å². The first kappa shape index (κ1) is 19.9. The fraction of sp³-hybridized carbons (Fsp3) is 0.632. The summed E-state index contributed by atoms with van der Waals surface area (Å²) in [4.78, 5) is 12.3. The van der Waals surface area contributed by atoms with E-state index in [4.69, 9.17) is 0 Å². The summed E-state index contributed by atoms with van der Waals surface area (Å²) in [6, 6.07) is 5.82. The molecule has 0 aliphatic heterocycles. The maximum atomic E-state index is 12.3. The molecule has 140 valence electrons. The van der Waals surface area contributed by atoms with Crippen LogP contribution in [-0.2, 0) is 14.8 Å². The van der Waals surface area contributed by atoms with Gasteiger partial charge in [-0.2, -0.15) is 4.31 Å². The van der Waals surface area contributed by atoms with E-state index < -0.39 is 10.0 Å². The average molecular weight is 367 g/mol. The standard InChI is InChI=1S/C19H30N2O3S/c1-15-10-11-17(14-16(15)2)20-19(22)12-13-21(25(3,23)24)18-8-6-4-5-7-9-18/h10-11,14,18H,4-9,12-13H2,1-3H3,(H,20,22). The zero-order valence-electron chi connectivity index (χ0n) is 15.5. The minimum atomic E-state index is -3.31. The van der Waals surface area contributed by atoms with Crippen LogP contribution in [0.4, 0.5) is 5.69 Å². The number of amides is 1. The summed E-state index contributed by atoms with van der Waals surface area (Å²) in [6.07, 6.45) is 7.67. The lowest BCUT2D eigenvalue weighted by Gasteiger charge is -2.28. The van der Waals surface area contributed by atoms with E-state index >= 15 is 0 Å². The van der Waals surface area contributed by atoms with Crippen molar-refractivity contribution in [2.24, 2.45) is 0 Å². The molecule has 2 rings (SSSR count). The van der Waals surface area contributed by atoms with Crippen LogP contribution in [-0.4, -0.2) is 37.5 Å². The van der Waals surface area contributed by atoms with Crippen molar-refractivity contribution >= 4 is 21.6 Å². The summed E-state index contributed by atoms with van der Waals surface area (Å²) in [5.41, 5.74) is 3.05. The second kappa shape index (κ2) is 8.81. The first-order valence-corrected chi connectivity index (χ1v) is 11.0. The van der Waals surface area contributed by atoms with Crippen molar-refractivity contribution in [2.45, 2.75) is 64.8 Å². The highest BCUT2D eigenvalue weighted by Gasteiger charge is 2.27. The van der Waals surface area contributed by atoms with Gasteiger partial charge in [-0.25, -0.2) is 8.42 Å². The van der Waals surface area contributed by atoms with Crippen LogP contribution in [0.15, 0.2) is 18.2 Å². The minimum absolute atomic E-state index is 0.0342. The molecule has 0 atom stereocenters. The van der Waals surface area contributed by atoms with E-state index in [9.17, 15) is 13.2 Å². The lowest BCUT2D eigenvalue weighted by Crippen LogP contribution is -2.41. The summed E-state index contributed by atoms with van der Waals surface area (Å²) in [5, 5.41) is 2.87. The van der Waals surface area contributed by atoms with Crippen molar-refractivity contribution in [1.82, 2.24) is 4.31 Å². The van der Waals surface area contributed by atoms with E-state index in [2.05, 4.69) is 5.32 Å². The molecule has 1 aliphatic rings. The normalized spacial score (nSPS) is 16.6. The second-order valence-electron chi connectivity index (χ2n) is 7.12. The fourth-order valence-electron chi connectivity index (χ4n) is 3.42. The van der Waals surface area contributed by atoms with Crippen molar-refractivity contribution in [3.63, 3.8) is 0 Å². The zero-order valence-corrected chi connectivity index (χ0v) is 16.4. The maximum Gasteiger partial charge on any atom is 0.225 e. The monoisotopic (exact) mass is 366 g/mol. The highest BCUT2D eigenvalue weighted by molar-refractivity contribution is 7.88. The molecule has 1 N–H and O–H groups in total. The molecule has 0 radical (unpaired) electrons. The molecule has 1 aromatic rings. The average Bonchev–Trinajstić information content (AvgIpc) is 2.79. The van der Waals surface area contributed by atoms with Gasteiger partial charge in [-0.1, -0.05) is 31.7 Å². The number of anilines is 1. The molecular weight excluding hydrogens is 336 g/mol. The number of carbonyl (C=O) groups is 1. The Morgan fingerprint density at radius 1 is 1.12 bits per heavy atom. The van der Waals surface area contributed by atoms with Crippen molar-refractivity contribution in [3.8, 4) is 0 Å². The van der Waals surface area contributed by atoms with Gasteiger partial charge < -0.3 is 5.32 Å². The number of rotatable bonds is 6. The Balaban J connectivity index is 1.97. The molecule has 0 saturated heterocycles. The summed E-state index contributed by atoms with van der Waals surface area (Å²) in [5.74, 6) is -0.148. The van der Waals surface area contributed by atoms with Gasteiger partial charge in [0.15, 0.2) is 0 Å². The smallest absolute Gasteiger partial charge is 0.225 e. The molecule has 0 bridgehead atoms. The van der Waals surface area contributed by atoms with Gasteiger partial charge in [0, 0.05) is 24.7 Å². The van der Waals surface area contributed by atoms with Gasteiger partial charge in [0.2, 0.25) is 15.9 Å². The number of aryl methyl sites for hydroxylation is 2. The van der Waals surface area contributed by atoms with Gasteiger partial charge in [0.05, 0.1) is 6.26 Å². The molecule has 1 fully saturated rings. The topological polar surface area (TPSA) is 66.5 Å². The number of sulfonamides is 1. The van der Waals surface area contributed by atoms with Crippen molar-refractivity contribution in [3.05, 3.63) is 29.3 Å². The Bertz CT molecular complexity index is 693. The van der Waals surface area contributed by atoms with Crippen LogP contribution in [0.25, 0.3) is 0 Å². The summed E-state index contributed by atoms with van der Waals surface area (Å²) in [7, 11) is -3.31. The van der Waals surface area contributed by atoms with Gasteiger partial charge in [-0.15, -0.1) is 0 Å². The van der Waals surface area contributed by atoms with Crippen molar-refractivity contribution in [2.75, 3.05) is 18.1 Å². The third-order valence-corrected chi connectivity index (χ3v) is 6.34. The van der Waals surface area contributed by atoms with Gasteiger partial charge in [0.1, 0.15) is 0 Å². The number of nitrogens with one attached hydrogen (secondary N) is 1. The third kappa shape index (κ3) is 6.12.